The van der Waals surface area contributed by atoms with Crippen LogP contribution in [0.5, 0.6) is 11.5 Å². The number of carbonyl (C=O) groups is 2. The van der Waals surface area contributed by atoms with Crippen LogP contribution in [0.15, 0.2) is 71.8 Å². The Morgan fingerprint density at radius 3 is 2.35 bits per heavy atom. The fourth-order valence-electron chi connectivity index (χ4n) is 2.96. The largest absolute Gasteiger partial charge is 0.497 e. The molecule has 3 aromatic rings. The van der Waals surface area contributed by atoms with Crippen LogP contribution < -0.4 is 20.2 Å². The molecule has 0 saturated heterocycles. The van der Waals surface area contributed by atoms with Crippen molar-refractivity contribution in [3.05, 3.63) is 93.5 Å². The lowest BCUT2D eigenvalue weighted by Gasteiger charge is -2.08. The molecule has 174 valence electrons. The number of hydrogen-bond acceptors (Lipinski definition) is 7. The van der Waals surface area contributed by atoms with Gasteiger partial charge in [-0.15, -0.1) is 0 Å². The number of carbonyl (C=O) groups excluding carboxylic acids is 2. The summed E-state index contributed by atoms with van der Waals surface area (Å²) >= 11 is 0. The number of nitrogens with zero attached hydrogens (tertiary/aromatic N) is 2. The van der Waals surface area contributed by atoms with E-state index in [0.717, 1.165) is 0 Å². The molecule has 0 bridgehead atoms. The normalized spacial score (nSPS) is 10.5. The zero-order valence-electron chi connectivity index (χ0n) is 18.5. The first-order chi connectivity index (χ1) is 16.4. The highest BCUT2D eigenvalue weighted by atomic mass is 16.6. The summed E-state index contributed by atoms with van der Waals surface area (Å²) in [5, 5.41) is 17.6. The summed E-state index contributed by atoms with van der Waals surface area (Å²) in [4.78, 5) is 34.8. The van der Waals surface area contributed by atoms with Crippen molar-refractivity contribution in [1.82, 2.24) is 5.43 Å². The number of anilines is 1. The number of methoxy groups -OCH3 is 1. The lowest BCUT2D eigenvalue weighted by Crippen LogP contribution is -2.20. The van der Waals surface area contributed by atoms with Crippen molar-refractivity contribution in [2.45, 2.75) is 6.92 Å². The summed E-state index contributed by atoms with van der Waals surface area (Å²) < 4.78 is 10.6. The van der Waals surface area contributed by atoms with Gasteiger partial charge < -0.3 is 14.8 Å². The molecule has 0 aliphatic carbocycles. The standard InChI is InChI=1S/C24H22N4O6/c1-16-21(4-3-5-22(16)28(31)32)24(30)27-25-14-17-6-10-20(11-7-17)34-15-23(29)26-18-8-12-19(33-2)13-9-18/h3-14H,15H2,1-2H3,(H,26,29)(H,27,30)/b25-14-. The van der Waals surface area contributed by atoms with Gasteiger partial charge in [0, 0.05) is 17.3 Å². The van der Waals surface area contributed by atoms with E-state index in [1.54, 1.807) is 55.6 Å². The van der Waals surface area contributed by atoms with E-state index in [4.69, 9.17) is 9.47 Å². The first-order valence-electron chi connectivity index (χ1n) is 10.1. The Labute approximate surface area is 195 Å². The molecule has 0 aromatic heterocycles. The van der Waals surface area contributed by atoms with Crippen LogP contribution in [0, 0.1) is 17.0 Å². The molecule has 0 unspecified atom stereocenters. The Morgan fingerprint density at radius 1 is 1.03 bits per heavy atom. The molecule has 2 amide bonds. The Kier molecular flexibility index (Phi) is 7.90. The van der Waals surface area contributed by atoms with Crippen LogP contribution >= 0.6 is 0 Å². The first-order valence-corrected chi connectivity index (χ1v) is 10.1. The highest BCUT2D eigenvalue weighted by Crippen LogP contribution is 2.21. The van der Waals surface area contributed by atoms with Crippen LogP contribution in [0.25, 0.3) is 0 Å². The van der Waals surface area contributed by atoms with Crippen molar-refractivity contribution in [3.63, 3.8) is 0 Å². The van der Waals surface area contributed by atoms with E-state index in [1.807, 2.05) is 0 Å². The fraction of sp³-hybridized carbons (Fsp3) is 0.125. The molecule has 0 aliphatic rings. The lowest BCUT2D eigenvalue weighted by atomic mass is 10.1. The third kappa shape index (κ3) is 6.39. The zero-order chi connectivity index (χ0) is 24.5. The fourth-order valence-corrected chi connectivity index (χ4v) is 2.96. The molecule has 0 atom stereocenters. The summed E-state index contributed by atoms with van der Waals surface area (Å²) in [6.07, 6.45) is 1.42. The van der Waals surface area contributed by atoms with Gasteiger partial charge in [-0.1, -0.05) is 6.07 Å². The quantitative estimate of drug-likeness (QED) is 0.283. The van der Waals surface area contributed by atoms with E-state index in [2.05, 4.69) is 15.8 Å². The number of nitro benzene ring substituents is 1. The minimum absolute atomic E-state index is 0.134. The molecule has 34 heavy (non-hydrogen) atoms. The molecule has 0 spiro atoms. The molecular weight excluding hydrogens is 440 g/mol. The number of benzene rings is 3. The molecule has 0 heterocycles. The van der Waals surface area contributed by atoms with Crippen LogP contribution in [0.1, 0.15) is 21.5 Å². The number of hydrogen-bond donors (Lipinski definition) is 2. The number of ether oxygens (including phenoxy) is 2. The minimum Gasteiger partial charge on any atom is -0.497 e. The minimum atomic E-state index is -0.555. The van der Waals surface area contributed by atoms with Gasteiger partial charge in [0.25, 0.3) is 17.5 Å². The molecule has 3 aromatic carbocycles. The third-order valence-electron chi connectivity index (χ3n) is 4.75. The second-order valence-corrected chi connectivity index (χ2v) is 7.04. The average Bonchev–Trinajstić information content (AvgIpc) is 2.84. The summed E-state index contributed by atoms with van der Waals surface area (Å²) in [7, 11) is 1.57. The number of nitro groups is 1. The topological polar surface area (TPSA) is 132 Å². The monoisotopic (exact) mass is 462 g/mol. The third-order valence-corrected chi connectivity index (χ3v) is 4.75. The van der Waals surface area contributed by atoms with Crippen molar-refractivity contribution in [3.8, 4) is 11.5 Å². The Morgan fingerprint density at radius 2 is 1.71 bits per heavy atom. The van der Waals surface area contributed by atoms with Crippen molar-refractivity contribution in [2.75, 3.05) is 19.0 Å². The molecule has 0 fully saturated rings. The lowest BCUT2D eigenvalue weighted by molar-refractivity contribution is -0.385. The number of amides is 2. The molecule has 0 saturated carbocycles. The Bertz CT molecular complexity index is 1210. The molecule has 0 aliphatic heterocycles. The van der Waals surface area contributed by atoms with E-state index in [1.165, 1.54) is 31.3 Å². The highest BCUT2D eigenvalue weighted by Gasteiger charge is 2.17. The van der Waals surface area contributed by atoms with Gasteiger partial charge in [0.2, 0.25) is 0 Å². The van der Waals surface area contributed by atoms with Gasteiger partial charge in [0.1, 0.15) is 11.5 Å². The maximum Gasteiger partial charge on any atom is 0.273 e. The van der Waals surface area contributed by atoms with Crippen molar-refractivity contribution >= 4 is 29.4 Å². The predicted octanol–water partition coefficient (Wildman–Crippen LogP) is 3.69. The summed E-state index contributed by atoms with van der Waals surface area (Å²) in [5.74, 6) is 0.310. The average molecular weight is 462 g/mol. The number of hydrazone groups is 1. The predicted molar refractivity (Wildman–Crippen MR) is 126 cm³/mol. The van der Waals surface area contributed by atoms with Crippen LogP contribution in [0.3, 0.4) is 0 Å². The maximum absolute atomic E-state index is 12.3. The van der Waals surface area contributed by atoms with Gasteiger partial charge in [-0.05, 0) is 67.1 Å². The molecule has 0 radical (unpaired) electrons. The van der Waals surface area contributed by atoms with E-state index in [0.29, 0.717) is 22.7 Å². The van der Waals surface area contributed by atoms with Gasteiger partial charge in [-0.25, -0.2) is 5.43 Å². The number of nitrogens with one attached hydrogen (secondary N) is 2. The zero-order valence-corrected chi connectivity index (χ0v) is 18.5. The van der Waals surface area contributed by atoms with Crippen LogP contribution in [0.4, 0.5) is 11.4 Å². The second-order valence-electron chi connectivity index (χ2n) is 7.04. The van der Waals surface area contributed by atoms with E-state index >= 15 is 0 Å². The SMILES string of the molecule is COc1ccc(NC(=O)COc2ccc(/C=N\NC(=O)c3cccc([N+](=O)[O-])c3C)cc2)cc1. The van der Waals surface area contributed by atoms with Gasteiger partial charge in [-0.3, -0.25) is 19.7 Å². The van der Waals surface area contributed by atoms with E-state index in [9.17, 15) is 19.7 Å². The summed E-state index contributed by atoms with van der Waals surface area (Å²) in [6.45, 7) is 1.34. The van der Waals surface area contributed by atoms with Crippen molar-refractivity contribution in [1.29, 1.82) is 0 Å². The van der Waals surface area contributed by atoms with Gasteiger partial charge in [0.05, 0.1) is 23.8 Å². The molecule has 10 nitrogen and oxygen atoms in total. The number of rotatable bonds is 9. The summed E-state index contributed by atoms with van der Waals surface area (Å²) in [6, 6.07) is 17.9. The molecule has 10 heteroatoms. The Balaban J connectivity index is 1.49. The first kappa shape index (κ1) is 23.9. The van der Waals surface area contributed by atoms with Gasteiger partial charge in [0.15, 0.2) is 6.61 Å². The molecule has 2 N–H and O–H groups in total. The van der Waals surface area contributed by atoms with E-state index in [-0.39, 0.29) is 29.3 Å². The van der Waals surface area contributed by atoms with Gasteiger partial charge >= 0.3 is 0 Å². The van der Waals surface area contributed by atoms with Crippen LogP contribution in [0.2, 0.25) is 0 Å². The van der Waals surface area contributed by atoms with Crippen molar-refractivity contribution < 1.29 is 24.0 Å². The van der Waals surface area contributed by atoms with E-state index < -0.39 is 10.8 Å². The van der Waals surface area contributed by atoms with Crippen LogP contribution in [-0.2, 0) is 4.79 Å². The Hall–Kier alpha value is -4.73. The van der Waals surface area contributed by atoms with Gasteiger partial charge in [-0.2, -0.15) is 5.10 Å². The smallest absolute Gasteiger partial charge is 0.273 e. The molecular formula is C24H22N4O6. The maximum atomic E-state index is 12.3. The van der Waals surface area contributed by atoms with Crippen LogP contribution in [-0.4, -0.2) is 36.7 Å². The molecule has 3 rings (SSSR count). The summed E-state index contributed by atoms with van der Waals surface area (Å²) in [5.41, 5.74) is 3.95. The second kappa shape index (κ2) is 11.2. The van der Waals surface area contributed by atoms with Crippen molar-refractivity contribution in [2.24, 2.45) is 5.10 Å². The highest BCUT2D eigenvalue weighted by molar-refractivity contribution is 5.97.